The molecule has 3 N–H and O–H groups in total. The van der Waals surface area contributed by atoms with Crippen molar-refractivity contribution in [3.05, 3.63) is 0 Å². The smallest absolute Gasteiger partial charge is 0.407 e. The molecule has 0 aromatic carbocycles. The Hall–Kier alpha value is -0.810. The number of amides is 1. The molecule has 0 saturated carbocycles. The summed E-state index contributed by atoms with van der Waals surface area (Å²) < 4.78 is 5.82. The molecule has 0 heterocycles. The second-order valence-electron chi connectivity index (χ2n) is 10.0. The van der Waals surface area contributed by atoms with E-state index in [1.165, 1.54) is 109 Å². The molecule has 1 amide bonds. The molecular formula is C29H60N2O3. The fourth-order valence-corrected chi connectivity index (χ4v) is 4.41. The molecule has 0 aliphatic heterocycles. The number of unbranched alkanes of at least 4 members (excludes halogenated alkanes) is 16. The van der Waals surface area contributed by atoms with E-state index in [-0.39, 0.29) is 18.8 Å². The Bertz CT molecular complexity index is 407. The molecule has 0 aliphatic rings. The molecule has 0 spiro atoms. The van der Waals surface area contributed by atoms with Gasteiger partial charge in [-0.25, -0.2) is 4.79 Å². The topological polar surface area (TPSA) is 70.6 Å². The molecular weight excluding hydrogens is 424 g/mol. The Morgan fingerprint density at radius 1 is 0.618 bits per heavy atom. The molecule has 0 saturated heterocycles. The highest BCUT2D eigenvalue weighted by molar-refractivity contribution is 5.67. The SMILES string of the molecule is CCCCCCCCCCCC(CCCCCC)OC(=O)NCCCCCCCCNCCO. The molecule has 0 radical (unpaired) electrons. The fraction of sp³-hybridized carbons (Fsp3) is 0.966. The molecule has 0 aromatic rings. The fourth-order valence-electron chi connectivity index (χ4n) is 4.41. The van der Waals surface area contributed by atoms with Crippen molar-refractivity contribution in [3.63, 3.8) is 0 Å². The highest BCUT2D eigenvalue weighted by Crippen LogP contribution is 2.17. The van der Waals surface area contributed by atoms with Crippen molar-refractivity contribution in [2.75, 3.05) is 26.2 Å². The van der Waals surface area contributed by atoms with E-state index in [0.29, 0.717) is 6.54 Å². The molecule has 34 heavy (non-hydrogen) atoms. The molecule has 0 aromatic heterocycles. The van der Waals surface area contributed by atoms with E-state index in [1.807, 2.05) is 0 Å². The average Bonchev–Trinajstić information content (AvgIpc) is 2.84. The quantitative estimate of drug-likeness (QED) is 0.104. The van der Waals surface area contributed by atoms with Crippen molar-refractivity contribution >= 4 is 6.09 Å². The standard InChI is InChI=1S/C29H60N2O3/c1-3-5-7-9-10-11-12-15-19-23-28(22-18-8-6-4-2)34-29(33)31-25-21-17-14-13-16-20-24-30-26-27-32/h28,30,32H,3-27H2,1-2H3,(H,31,33). The van der Waals surface area contributed by atoms with Crippen molar-refractivity contribution in [3.8, 4) is 0 Å². The zero-order chi connectivity index (χ0) is 25.0. The molecule has 5 nitrogen and oxygen atoms in total. The summed E-state index contributed by atoms with van der Waals surface area (Å²) in [5.41, 5.74) is 0. The highest BCUT2D eigenvalue weighted by Gasteiger charge is 2.14. The Morgan fingerprint density at radius 2 is 1.06 bits per heavy atom. The summed E-state index contributed by atoms with van der Waals surface area (Å²) in [6.45, 7) is 7.13. The highest BCUT2D eigenvalue weighted by atomic mass is 16.6. The Balaban J connectivity index is 3.83. The summed E-state index contributed by atoms with van der Waals surface area (Å²) in [7, 11) is 0. The van der Waals surface area contributed by atoms with E-state index in [0.717, 1.165) is 38.8 Å². The minimum atomic E-state index is -0.216. The van der Waals surface area contributed by atoms with Crippen LogP contribution in [0, 0.1) is 0 Å². The third-order valence-electron chi connectivity index (χ3n) is 6.62. The first kappa shape index (κ1) is 33.2. The Labute approximate surface area is 212 Å². The monoisotopic (exact) mass is 484 g/mol. The van der Waals surface area contributed by atoms with Crippen molar-refractivity contribution in [1.82, 2.24) is 10.6 Å². The van der Waals surface area contributed by atoms with Crippen LogP contribution in [0.1, 0.15) is 149 Å². The Kier molecular flexibility index (Phi) is 27.8. The van der Waals surface area contributed by atoms with Crippen LogP contribution in [0.5, 0.6) is 0 Å². The number of alkyl carbamates (subject to hydrolysis) is 1. The predicted octanol–water partition coefficient (Wildman–Crippen LogP) is 7.90. The summed E-state index contributed by atoms with van der Waals surface area (Å²) in [4.78, 5) is 12.3. The number of carbonyl (C=O) groups is 1. The normalized spacial score (nSPS) is 12.1. The summed E-state index contributed by atoms with van der Waals surface area (Å²) in [5, 5.41) is 14.9. The number of rotatable bonds is 27. The van der Waals surface area contributed by atoms with Crippen molar-refractivity contribution in [1.29, 1.82) is 0 Å². The van der Waals surface area contributed by atoms with Gasteiger partial charge in [-0.3, -0.25) is 0 Å². The number of ether oxygens (including phenoxy) is 1. The lowest BCUT2D eigenvalue weighted by Crippen LogP contribution is -2.29. The van der Waals surface area contributed by atoms with E-state index in [4.69, 9.17) is 9.84 Å². The summed E-state index contributed by atoms with van der Waals surface area (Å²) in [5.74, 6) is 0. The van der Waals surface area contributed by atoms with Crippen LogP contribution in [0.4, 0.5) is 4.79 Å². The lowest BCUT2D eigenvalue weighted by molar-refractivity contribution is 0.0841. The van der Waals surface area contributed by atoms with Crippen LogP contribution in [0.2, 0.25) is 0 Å². The zero-order valence-electron chi connectivity index (χ0n) is 23.0. The molecule has 204 valence electrons. The van der Waals surface area contributed by atoms with Gasteiger partial charge in [-0.15, -0.1) is 0 Å². The number of aliphatic hydroxyl groups is 1. The number of nitrogens with one attached hydrogen (secondary N) is 2. The van der Waals surface area contributed by atoms with Gasteiger partial charge in [0.2, 0.25) is 0 Å². The maximum absolute atomic E-state index is 12.3. The Morgan fingerprint density at radius 3 is 1.59 bits per heavy atom. The van der Waals surface area contributed by atoms with E-state index in [2.05, 4.69) is 24.5 Å². The second kappa shape index (κ2) is 28.4. The first-order chi connectivity index (χ1) is 16.7. The number of aliphatic hydroxyl groups excluding tert-OH is 1. The van der Waals surface area contributed by atoms with Gasteiger partial charge in [0.15, 0.2) is 0 Å². The average molecular weight is 485 g/mol. The van der Waals surface area contributed by atoms with Crippen molar-refractivity contribution in [2.24, 2.45) is 0 Å². The lowest BCUT2D eigenvalue weighted by atomic mass is 10.0. The third-order valence-corrected chi connectivity index (χ3v) is 6.62. The first-order valence-electron chi connectivity index (χ1n) is 15.0. The van der Waals surface area contributed by atoms with Crippen LogP contribution in [-0.4, -0.2) is 43.5 Å². The van der Waals surface area contributed by atoms with Crippen LogP contribution >= 0.6 is 0 Å². The van der Waals surface area contributed by atoms with Crippen LogP contribution in [0.3, 0.4) is 0 Å². The maximum atomic E-state index is 12.3. The van der Waals surface area contributed by atoms with Gasteiger partial charge >= 0.3 is 6.09 Å². The van der Waals surface area contributed by atoms with Gasteiger partial charge in [0.1, 0.15) is 6.10 Å². The summed E-state index contributed by atoms with van der Waals surface area (Å²) >= 11 is 0. The molecule has 5 heteroatoms. The largest absolute Gasteiger partial charge is 0.446 e. The van der Waals surface area contributed by atoms with Gasteiger partial charge in [-0.1, -0.05) is 110 Å². The van der Waals surface area contributed by atoms with Crippen molar-refractivity contribution in [2.45, 2.75) is 155 Å². The van der Waals surface area contributed by atoms with Gasteiger partial charge in [0.25, 0.3) is 0 Å². The molecule has 0 aliphatic carbocycles. The van der Waals surface area contributed by atoms with E-state index >= 15 is 0 Å². The third kappa shape index (κ3) is 25.8. The minimum absolute atomic E-state index is 0.0841. The van der Waals surface area contributed by atoms with E-state index in [1.54, 1.807) is 0 Å². The molecule has 1 atom stereocenters. The van der Waals surface area contributed by atoms with E-state index in [9.17, 15) is 4.79 Å². The van der Waals surface area contributed by atoms with E-state index < -0.39 is 0 Å². The second-order valence-corrected chi connectivity index (χ2v) is 10.0. The van der Waals surface area contributed by atoms with Crippen LogP contribution in [0.25, 0.3) is 0 Å². The zero-order valence-corrected chi connectivity index (χ0v) is 23.0. The molecule has 0 rings (SSSR count). The van der Waals surface area contributed by atoms with Gasteiger partial charge < -0.3 is 20.5 Å². The maximum Gasteiger partial charge on any atom is 0.407 e. The van der Waals surface area contributed by atoms with Gasteiger partial charge in [0.05, 0.1) is 6.61 Å². The van der Waals surface area contributed by atoms with Gasteiger partial charge in [-0.2, -0.15) is 0 Å². The minimum Gasteiger partial charge on any atom is -0.446 e. The number of hydrogen-bond acceptors (Lipinski definition) is 4. The summed E-state index contributed by atoms with van der Waals surface area (Å²) in [6, 6.07) is 0. The number of hydrogen-bond donors (Lipinski definition) is 3. The lowest BCUT2D eigenvalue weighted by Gasteiger charge is -2.18. The van der Waals surface area contributed by atoms with Crippen LogP contribution in [0.15, 0.2) is 0 Å². The molecule has 0 bridgehead atoms. The van der Waals surface area contributed by atoms with Crippen LogP contribution < -0.4 is 10.6 Å². The predicted molar refractivity (Wildman–Crippen MR) is 147 cm³/mol. The molecule has 1 unspecified atom stereocenters. The first-order valence-corrected chi connectivity index (χ1v) is 15.0. The van der Waals surface area contributed by atoms with Crippen LogP contribution in [-0.2, 0) is 4.74 Å². The van der Waals surface area contributed by atoms with Gasteiger partial charge in [0, 0.05) is 13.1 Å². The summed E-state index contributed by atoms with van der Waals surface area (Å²) in [6.07, 6.45) is 25.8. The number of carbonyl (C=O) groups excluding carboxylic acids is 1. The molecule has 0 fully saturated rings. The van der Waals surface area contributed by atoms with Gasteiger partial charge in [-0.05, 0) is 45.1 Å². The van der Waals surface area contributed by atoms with Crippen molar-refractivity contribution < 1.29 is 14.6 Å².